The van der Waals surface area contributed by atoms with Gasteiger partial charge in [-0.25, -0.2) is 9.36 Å². The van der Waals surface area contributed by atoms with E-state index in [0.717, 1.165) is 17.4 Å². The summed E-state index contributed by atoms with van der Waals surface area (Å²) in [6, 6.07) is 10.8. The largest absolute Gasteiger partial charge is 0.331 e. The topological polar surface area (TPSA) is 88.1 Å². The molecule has 134 valence electrons. The Balaban J connectivity index is 2.01. The third-order valence-corrected chi connectivity index (χ3v) is 4.37. The van der Waals surface area contributed by atoms with Crippen molar-refractivity contribution in [3.05, 3.63) is 62.9 Å². The van der Waals surface area contributed by atoms with E-state index in [1.807, 2.05) is 38.1 Å². The van der Waals surface area contributed by atoms with Gasteiger partial charge in [-0.2, -0.15) is 5.26 Å². The lowest BCUT2D eigenvalue weighted by Crippen LogP contribution is -2.47. The van der Waals surface area contributed by atoms with Crippen LogP contribution < -0.4 is 16.1 Å². The van der Waals surface area contributed by atoms with Crippen LogP contribution in [0.2, 0.25) is 0 Å². The van der Waals surface area contributed by atoms with Crippen LogP contribution in [0.25, 0.3) is 0 Å². The summed E-state index contributed by atoms with van der Waals surface area (Å²) in [7, 11) is 0. The molecule has 0 N–H and O–H groups in total. The van der Waals surface area contributed by atoms with E-state index in [2.05, 4.69) is 0 Å². The second-order valence-electron chi connectivity index (χ2n) is 6.66. The maximum absolute atomic E-state index is 12.9. The molecule has 0 spiro atoms. The Morgan fingerprint density at radius 3 is 2.46 bits per heavy atom. The van der Waals surface area contributed by atoms with Gasteiger partial charge in [-0.1, -0.05) is 18.2 Å². The number of anilines is 1. The minimum Gasteiger partial charge on any atom is -0.308 e. The monoisotopic (exact) mass is 352 g/mol. The average molecular weight is 352 g/mol. The highest BCUT2D eigenvalue weighted by Crippen LogP contribution is 2.33. The molecule has 0 bridgehead atoms. The Morgan fingerprint density at radius 1 is 1.27 bits per heavy atom. The Morgan fingerprint density at radius 2 is 1.92 bits per heavy atom. The molecule has 0 aliphatic heterocycles. The highest BCUT2D eigenvalue weighted by molar-refractivity contribution is 5.93. The number of carbonyl (C=O) groups excluding carboxylic acids is 1. The maximum Gasteiger partial charge on any atom is 0.331 e. The van der Waals surface area contributed by atoms with Gasteiger partial charge in [-0.3, -0.25) is 14.2 Å². The maximum atomic E-state index is 12.9. The number of carbonyl (C=O) groups is 1. The van der Waals surface area contributed by atoms with Gasteiger partial charge in [-0.05, 0) is 38.8 Å². The summed E-state index contributed by atoms with van der Waals surface area (Å²) >= 11 is 0. The number of hydrogen-bond donors (Lipinski definition) is 0. The highest BCUT2D eigenvalue weighted by atomic mass is 16.2. The van der Waals surface area contributed by atoms with Gasteiger partial charge in [0.1, 0.15) is 18.2 Å². The van der Waals surface area contributed by atoms with E-state index in [1.165, 1.54) is 10.8 Å². The van der Waals surface area contributed by atoms with Gasteiger partial charge >= 0.3 is 5.69 Å². The second kappa shape index (κ2) is 7.00. The van der Waals surface area contributed by atoms with Crippen molar-refractivity contribution >= 4 is 11.6 Å². The van der Waals surface area contributed by atoms with Crippen molar-refractivity contribution in [1.29, 1.82) is 5.26 Å². The van der Waals surface area contributed by atoms with Crippen LogP contribution >= 0.6 is 0 Å². The minimum absolute atomic E-state index is 0.00637. The molecule has 2 aromatic rings. The molecular formula is C19H20N4O3. The summed E-state index contributed by atoms with van der Waals surface area (Å²) in [6.45, 7) is 3.33. The van der Waals surface area contributed by atoms with E-state index in [-0.39, 0.29) is 23.6 Å². The van der Waals surface area contributed by atoms with Crippen molar-refractivity contribution in [2.45, 2.75) is 45.3 Å². The molecule has 3 rings (SSSR count). The Hall–Kier alpha value is -3.14. The third kappa shape index (κ3) is 3.31. The van der Waals surface area contributed by atoms with Crippen molar-refractivity contribution in [1.82, 2.24) is 9.13 Å². The zero-order valence-electron chi connectivity index (χ0n) is 14.8. The smallest absolute Gasteiger partial charge is 0.308 e. The molecular weight excluding hydrogens is 332 g/mol. The molecule has 0 radical (unpaired) electrons. The SMILES string of the molecule is CC(C)N(C(=O)Cn1c(=O)c(C#N)cn(C2CC2)c1=O)c1ccccc1. The fourth-order valence-electron chi connectivity index (χ4n) is 2.98. The van der Waals surface area contributed by atoms with Crippen LogP contribution in [0.5, 0.6) is 0 Å². The number of amides is 1. The van der Waals surface area contributed by atoms with Crippen LogP contribution in [0.15, 0.2) is 46.1 Å². The Labute approximate surface area is 150 Å². The first-order valence-corrected chi connectivity index (χ1v) is 8.57. The van der Waals surface area contributed by atoms with E-state index in [4.69, 9.17) is 0 Å². The van der Waals surface area contributed by atoms with E-state index in [1.54, 1.807) is 17.0 Å². The number of benzene rings is 1. The fourth-order valence-corrected chi connectivity index (χ4v) is 2.98. The normalized spacial score (nSPS) is 13.5. The lowest BCUT2D eigenvalue weighted by Gasteiger charge is -2.27. The number of aromatic nitrogens is 2. The molecule has 0 atom stereocenters. The summed E-state index contributed by atoms with van der Waals surface area (Å²) in [6.07, 6.45) is 2.97. The molecule has 0 saturated heterocycles. The molecule has 1 aromatic heterocycles. The number of para-hydroxylation sites is 1. The molecule has 7 nitrogen and oxygen atoms in total. The molecule has 0 unspecified atom stereocenters. The van der Waals surface area contributed by atoms with Gasteiger partial charge in [0, 0.05) is 24.0 Å². The van der Waals surface area contributed by atoms with Crippen LogP contribution in [-0.2, 0) is 11.3 Å². The quantitative estimate of drug-likeness (QED) is 0.819. The molecule has 1 aliphatic carbocycles. The van der Waals surface area contributed by atoms with E-state index >= 15 is 0 Å². The fraction of sp³-hybridized carbons (Fsp3) is 0.368. The first-order chi connectivity index (χ1) is 12.4. The van der Waals surface area contributed by atoms with Crippen LogP contribution in [0, 0.1) is 11.3 Å². The summed E-state index contributed by atoms with van der Waals surface area (Å²) in [5.41, 5.74) is -0.694. The highest BCUT2D eigenvalue weighted by Gasteiger charge is 2.28. The first-order valence-electron chi connectivity index (χ1n) is 8.57. The van der Waals surface area contributed by atoms with Gasteiger partial charge in [0.25, 0.3) is 5.56 Å². The number of hydrogen-bond acceptors (Lipinski definition) is 4. The first kappa shape index (κ1) is 17.7. The zero-order chi connectivity index (χ0) is 18.8. The van der Waals surface area contributed by atoms with Crippen molar-refractivity contribution in [3.63, 3.8) is 0 Å². The van der Waals surface area contributed by atoms with Crippen LogP contribution in [0.1, 0.15) is 38.3 Å². The average Bonchev–Trinajstić information content (AvgIpc) is 3.44. The van der Waals surface area contributed by atoms with Crippen LogP contribution in [0.4, 0.5) is 5.69 Å². The summed E-state index contributed by atoms with van der Waals surface area (Å²) in [4.78, 5) is 39.5. The minimum atomic E-state index is -0.723. The van der Waals surface area contributed by atoms with Crippen molar-refractivity contribution in [2.24, 2.45) is 0 Å². The van der Waals surface area contributed by atoms with E-state index < -0.39 is 17.8 Å². The molecule has 1 amide bonds. The number of nitrogens with zero attached hydrogens (tertiary/aromatic N) is 4. The Kier molecular flexibility index (Phi) is 4.76. The molecule has 1 aliphatic rings. The molecule has 1 heterocycles. The van der Waals surface area contributed by atoms with Gasteiger partial charge in [-0.15, -0.1) is 0 Å². The number of nitriles is 1. The van der Waals surface area contributed by atoms with Gasteiger partial charge in [0.2, 0.25) is 5.91 Å². The van der Waals surface area contributed by atoms with Gasteiger partial charge in [0.05, 0.1) is 0 Å². The number of rotatable bonds is 5. The van der Waals surface area contributed by atoms with E-state index in [0.29, 0.717) is 5.69 Å². The zero-order valence-corrected chi connectivity index (χ0v) is 14.8. The summed E-state index contributed by atoms with van der Waals surface area (Å²) in [5, 5.41) is 9.20. The molecule has 1 aromatic carbocycles. The van der Waals surface area contributed by atoms with Gasteiger partial charge in [0.15, 0.2) is 0 Å². The van der Waals surface area contributed by atoms with Crippen molar-refractivity contribution < 1.29 is 4.79 Å². The predicted molar refractivity (Wildman–Crippen MR) is 97.0 cm³/mol. The van der Waals surface area contributed by atoms with Crippen LogP contribution in [0.3, 0.4) is 0 Å². The molecule has 7 heteroatoms. The molecule has 1 fully saturated rings. The predicted octanol–water partition coefficient (Wildman–Crippen LogP) is 1.66. The van der Waals surface area contributed by atoms with Crippen molar-refractivity contribution in [2.75, 3.05) is 4.90 Å². The van der Waals surface area contributed by atoms with Gasteiger partial charge < -0.3 is 4.90 Å². The van der Waals surface area contributed by atoms with E-state index in [9.17, 15) is 19.6 Å². The second-order valence-corrected chi connectivity index (χ2v) is 6.66. The van der Waals surface area contributed by atoms with Crippen molar-refractivity contribution in [3.8, 4) is 6.07 Å². The molecule has 26 heavy (non-hydrogen) atoms. The lowest BCUT2D eigenvalue weighted by atomic mass is 10.2. The third-order valence-electron chi connectivity index (χ3n) is 4.37. The van der Waals surface area contributed by atoms with Crippen LogP contribution in [-0.4, -0.2) is 21.1 Å². The summed E-state index contributed by atoms with van der Waals surface area (Å²) in [5.74, 6) is -0.372. The Bertz CT molecular complexity index is 979. The lowest BCUT2D eigenvalue weighted by molar-refractivity contribution is -0.119. The summed E-state index contributed by atoms with van der Waals surface area (Å²) < 4.78 is 2.27. The molecule has 1 saturated carbocycles. The standard InChI is InChI=1S/C19H20N4O3/c1-13(2)23(16-6-4-3-5-7-16)17(24)12-22-18(25)14(10-20)11-21(19(22)26)15-8-9-15/h3-7,11,13,15H,8-9,12H2,1-2H3.